The van der Waals surface area contributed by atoms with Gasteiger partial charge in [-0.2, -0.15) is 0 Å². The van der Waals surface area contributed by atoms with Crippen molar-refractivity contribution in [3.8, 4) is 0 Å². The predicted octanol–water partition coefficient (Wildman–Crippen LogP) is 2.98. The van der Waals surface area contributed by atoms with Gasteiger partial charge in [0.2, 0.25) is 0 Å². The van der Waals surface area contributed by atoms with Crippen LogP contribution in [-0.4, -0.2) is 5.78 Å². The molecule has 1 aromatic carbocycles. The normalized spacial score (nSPS) is 10.4. The molecule has 2 rings (SSSR count). The highest BCUT2D eigenvalue weighted by Crippen LogP contribution is 2.15. The summed E-state index contributed by atoms with van der Waals surface area (Å²) in [5, 5.41) is 0. The second-order valence-electron chi connectivity index (χ2n) is 3.33. The summed E-state index contributed by atoms with van der Waals surface area (Å²) < 4.78 is 31.3. The highest BCUT2D eigenvalue weighted by Gasteiger charge is 2.17. The Morgan fingerprint density at radius 2 is 1.88 bits per heavy atom. The van der Waals surface area contributed by atoms with Gasteiger partial charge >= 0.3 is 0 Å². The molecule has 0 fully saturated rings. The van der Waals surface area contributed by atoms with Crippen LogP contribution in [0.2, 0.25) is 0 Å². The Bertz CT molecular complexity index is 483. The number of carbonyl (C=O) groups excluding carboxylic acids is 1. The van der Waals surface area contributed by atoms with Gasteiger partial charge in [0.15, 0.2) is 5.78 Å². The molecule has 2 nitrogen and oxygen atoms in total. The molecule has 4 heteroatoms. The minimum absolute atomic E-state index is 0.0750. The lowest BCUT2D eigenvalue weighted by Gasteiger charge is -2.02. The number of Topliss-reactive ketones (excluding diaryl/α,β-unsaturated/α-hetero) is 1. The molecule has 2 aromatic rings. The van der Waals surface area contributed by atoms with Crippen LogP contribution >= 0.6 is 0 Å². The van der Waals surface area contributed by atoms with Gasteiger partial charge in [0, 0.05) is 6.42 Å². The molecule has 0 bridgehead atoms. The number of benzene rings is 1. The second kappa shape index (κ2) is 4.26. The summed E-state index contributed by atoms with van der Waals surface area (Å²) in [4.78, 5) is 11.6. The van der Waals surface area contributed by atoms with Crippen LogP contribution in [0.3, 0.4) is 0 Å². The first-order valence-electron chi connectivity index (χ1n) is 4.67. The van der Waals surface area contributed by atoms with Crippen molar-refractivity contribution >= 4 is 5.78 Å². The lowest BCUT2D eigenvalue weighted by Crippen LogP contribution is -2.08. The van der Waals surface area contributed by atoms with Crippen molar-refractivity contribution in [2.75, 3.05) is 0 Å². The third kappa shape index (κ3) is 2.00. The van der Waals surface area contributed by atoms with Crippen LogP contribution in [0, 0.1) is 11.6 Å². The molecule has 0 amide bonds. The van der Waals surface area contributed by atoms with Crippen LogP contribution in [-0.2, 0) is 6.42 Å². The number of rotatable bonds is 3. The van der Waals surface area contributed by atoms with Crippen LogP contribution in [0.25, 0.3) is 0 Å². The van der Waals surface area contributed by atoms with E-state index in [4.69, 9.17) is 4.42 Å². The monoisotopic (exact) mass is 222 g/mol. The first-order chi connectivity index (χ1) is 7.68. The van der Waals surface area contributed by atoms with Crippen LogP contribution in [0.5, 0.6) is 0 Å². The fourth-order valence-corrected chi connectivity index (χ4v) is 1.43. The van der Waals surface area contributed by atoms with E-state index in [1.165, 1.54) is 18.6 Å². The maximum absolute atomic E-state index is 13.2. The van der Waals surface area contributed by atoms with Crippen LogP contribution in [0.15, 0.2) is 41.2 Å². The SMILES string of the molecule is O=C(Cc1ccoc1)c1c(F)cccc1F. The topological polar surface area (TPSA) is 30.2 Å². The van der Waals surface area contributed by atoms with Gasteiger partial charge in [-0.05, 0) is 23.8 Å². The van der Waals surface area contributed by atoms with Crippen LogP contribution < -0.4 is 0 Å². The van der Waals surface area contributed by atoms with E-state index >= 15 is 0 Å². The summed E-state index contributed by atoms with van der Waals surface area (Å²) >= 11 is 0. The zero-order chi connectivity index (χ0) is 11.5. The number of carbonyl (C=O) groups is 1. The first kappa shape index (κ1) is 10.5. The van der Waals surface area contributed by atoms with E-state index in [1.54, 1.807) is 6.07 Å². The Morgan fingerprint density at radius 3 is 2.44 bits per heavy atom. The average Bonchev–Trinajstić information content (AvgIpc) is 2.70. The van der Waals surface area contributed by atoms with Gasteiger partial charge in [-0.1, -0.05) is 6.07 Å². The maximum atomic E-state index is 13.2. The zero-order valence-electron chi connectivity index (χ0n) is 8.24. The smallest absolute Gasteiger partial charge is 0.173 e. The molecule has 0 saturated carbocycles. The van der Waals surface area contributed by atoms with E-state index in [0.29, 0.717) is 5.56 Å². The highest BCUT2D eigenvalue weighted by atomic mass is 19.1. The molecule has 0 aliphatic carbocycles. The Hall–Kier alpha value is -1.97. The largest absolute Gasteiger partial charge is 0.472 e. The molecule has 1 heterocycles. The van der Waals surface area contributed by atoms with Gasteiger partial charge in [-0.15, -0.1) is 0 Å². The molecule has 1 aromatic heterocycles. The molecule has 16 heavy (non-hydrogen) atoms. The van der Waals surface area contributed by atoms with Crippen molar-refractivity contribution in [2.24, 2.45) is 0 Å². The third-order valence-corrected chi connectivity index (χ3v) is 2.19. The summed E-state index contributed by atoms with van der Waals surface area (Å²) in [6.45, 7) is 0. The van der Waals surface area contributed by atoms with Gasteiger partial charge in [0.25, 0.3) is 0 Å². The molecule has 0 saturated heterocycles. The highest BCUT2D eigenvalue weighted by molar-refractivity contribution is 5.97. The lowest BCUT2D eigenvalue weighted by atomic mass is 10.0. The average molecular weight is 222 g/mol. The van der Waals surface area contributed by atoms with Crippen molar-refractivity contribution in [1.82, 2.24) is 0 Å². The standard InChI is InChI=1S/C12H8F2O2/c13-9-2-1-3-10(14)12(9)11(15)6-8-4-5-16-7-8/h1-5,7H,6H2. The van der Waals surface area contributed by atoms with Crippen molar-refractivity contribution in [2.45, 2.75) is 6.42 Å². The summed E-state index contributed by atoms with van der Waals surface area (Å²) in [5.74, 6) is -2.28. The minimum atomic E-state index is -0.839. The molecule has 0 N–H and O–H groups in total. The van der Waals surface area contributed by atoms with E-state index < -0.39 is 23.0 Å². The van der Waals surface area contributed by atoms with Crippen molar-refractivity contribution in [3.05, 3.63) is 59.6 Å². The van der Waals surface area contributed by atoms with Crippen molar-refractivity contribution in [1.29, 1.82) is 0 Å². The van der Waals surface area contributed by atoms with Crippen molar-refractivity contribution < 1.29 is 18.0 Å². The lowest BCUT2D eigenvalue weighted by molar-refractivity contribution is 0.0984. The molecular weight excluding hydrogens is 214 g/mol. The van der Waals surface area contributed by atoms with E-state index in [2.05, 4.69) is 0 Å². The maximum Gasteiger partial charge on any atom is 0.173 e. The second-order valence-corrected chi connectivity index (χ2v) is 3.33. The molecule has 0 unspecified atom stereocenters. The predicted molar refractivity (Wildman–Crippen MR) is 53.1 cm³/mol. The molecule has 0 aliphatic heterocycles. The molecule has 82 valence electrons. The van der Waals surface area contributed by atoms with Gasteiger partial charge in [-0.3, -0.25) is 4.79 Å². The summed E-state index contributed by atoms with van der Waals surface area (Å²) in [6, 6.07) is 4.92. The molecule has 0 radical (unpaired) electrons. The molecule has 0 atom stereocenters. The fourth-order valence-electron chi connectivity index (χ4n) is 1.43. The van der Waals surface area contributed by atoms with Gasteiger partial charge < -0.3 is 4.42 Å². The number of halogens is 2. The van der Waals surface area contributed by atoms with E-state index in [0.717, 1.165) is 12.1 Å². The van der Waals surface area contributed by atoms with Crippen molar-refractivity contribution in [3.63, 3.8) is 0 Å². The van der Waals surface area contributed by atoms with Crippen LogP contribution in [0.4, 0.5) is 8.78 Å². The molecular formula is C12H8F2O2. The molecule has 0 spiro atoms. The van der Waals surface area contributed by atoms with Gasteiger partial charge in [0.05, 0.1) is 18.1 Å². The third-order valence-electron chi connectivity index (χ3n) is 2.19. The van der Waals surface area contributed by atoms with E-state index in [1.807, 2.05) is 0 Å². The number of hydrogen-bond donors (Lipinski definition) is 0. The zero-order valence-corrected chi connectivity index (χ0v) is 8.24. The molecule has 0 aliphatic rings. The summed E-state index contributed by atoms with van der Waals surface area (Å²) in [6.07, 6.45) is 2.70. The summed E-state index contributed by atoms with van der Waals surface area (Å²) in [7, 11) is 0. The number of furan rings is 1. The first-order valence-corrected chi connectivity index (χ1v) is 4.67. The quantitative estimate of drug-likeness (QED) is 0.747. The van der Waals surface area contributed by atoms with Crippen LogP contribution in [0.1, 0.15) is 15.9 Å². The van der Waals surface area contributed by atoms with Gasteiger partial charge in [0.1, 0.15) is 11.6 Å². The van der Waals surface area contributed by atoms with E-state index in [9.17, 15) is 13.6 Å². The number of ketones is 1. The minimum Gasteiger partial charge on any atom is -0.472 e. The van der Waals surface area contributed by atoms with Gasteiger partial charge in [-0.25, -0.2) is 8.78 Å². The van der Waals surface area contributed by atoms with E-state index in [-0.39, 0.29) is 6.42 Å². The fraction of sp³-hybridized carbons (Fsp3) is 0.0833. The Balaban J connectivity index is 2.28. The Labute approximate surface area is 90.5 Å². The Kier molecular flexibility index (Phi) is 2.81. The number of hydrogen-bond acceptors (Lipinski definition) is 2. The summed E-state index contributed by atoms with van der Waals surface area (Å²) in [5.41, 5.74) is 0.0938. The Morgan fingerprint density at radius 1 is 1.19 bits per heavy atom.